The molecular weight excluding hydrogens is 180 g/mol. The van der Waals surface area contributed by atoms with Gasteiger partial charge in [0, 0.05) is 6.07 Å². The minimum Gasteiger partial charge on any atom is -0.508 e. The molecule has 4 nitrogen and oxygen atoms in total. The zero-order valence-electron chi connectivity index (χ0n) is 6.31. The summed E-state index contributed by atoms with van der Waals surface area (Å²) in [6.45, 7) is 0. The van der Waals surface area contributed by atoms with Crippen molar-refractivity contribution in [2.24, 2.45) is 0 Å². The third-order valence-corrected chi connectivity index (χ3v) is 1.49. The number of phenolic OH excluding ortho intramolecular Hbond substituents is 1. The molecule has 0 unspecified atom stereocenters. The minimum absolute atomic E-state index is 0.0532. The lowest BCUT2D eigenvalue weighted by Crippen LogP contribution is -2.05. The molecule has 0 atom stereocenters. The Morgan fingerprint density at radius 2 is 2.17 bits per heavy atom. The summed E-state index contributed by atoms with van der Waals surface area (Å²) in [5.41, 5.74) is 0. The summed E-state index contributed by atoms with van der Waals surface area (Å²) in [5.74, 6) is -0.0337. The first-order valence-electron chi connectivity index (χ1n) is 3.07. The third-order valence-electron chi connectivity index (χ3n) is 0.995. The van der Waals surface area contributed by atoms with Crippen LogP contribution >= 0.6 is 0 Å². The highest BCUT2D eigenvalue weighted by atomic mass is 32.2. The molecule has 0 saturated heterocycles. The largest absolute Gasteiger partial charge is 0.508 e. The summed E-state index contributed by atoms with van der Waals surface area (Å²) in [6, 6.07) is 6.33. The maximum atomic E-state index is 10.6. The number of benzene rings is 1. The van der Waals surface area contributed by atoms with Gasteiger partial charge in [0.1, 0.15) is 11.5 Å². The predicted molar refractivity (Wildman–Crippen MR) is 42.4 cm³/mol. The Hall–Kier alpha value is -1.23. The second-order valence-electron chi connectivity index (χ2n) is 2.21. The second kappa shape index (κ2) is 3.02. The average Bonchev–Trinajstić information content (AvgIpc) is 1.82. The van der Waals surface area contributed by atoms with Crippen LogP contribution in [0, 0.1) is 6.07 Å². The van der Waals surface area contributed by atoms with Gasteiger partial charge in [-0.2, -0.15) is 8.42 Å². The first-order valence-corrected chi connectivity index (χ1v) is 4.88. The van der Waals surface area contributed by atoms with Crippen molar-refractivity contribution in [2.45, 2.75) is 0 Å². The van der Waals surface area contributed by atoms with E-state index in [2.05, 4.69) is 10.2 Å². The van der Waals surface area contributed by atoms with Crippen molar-refractivity contribution in [3.8, 4) is 11.5 Å². The fourth-order valence-corrected chi connectivity index (χ4v) is 1.11. The van der Waals surface area contributed by atoms with Crippen LogP contribution in [0.25, 0.3) is 0 Å². The van der Waals surface area contributed by atoms with Gasteiger partial charge in [0.25, 0.3) is 0 Å². The van der Waals surface area contributed by atoms with Crippen LogP contribution in [0.1, 0.15) is 0 Å². The summed E-state index contributed by atoms with van der Waals surface area (Å²) in [6.07, 6.45) is 0.928. The lowest BCUT2D eigenvalue weighted by atomic mass is 10.3. The molecule has 65 valence electrons. The number of rotatable bonds is 2. The smallest absolute Gasteiger partial charge is 0.306 e. The van der Waals surface area contributed by atoms with Crippen LogP contribution in [0.4, 0.5) is 0 Å². The predicted octanol–water partition coefficient (Wildman–Crippen LogP) is 0.531. The van der Waals surface area contributed by atoms with Crippen molar-refractivity contribution in [1.82, 2.24) is 0 Å². The van der Waals surface area contributed by atoms with Gasteiger partial charge in [-0.15, -0.1) is 0 Å². The van der Waals surface area contributed by atoms with Crippen molar-refractivity contribution in [3.63, 3.8) is 0 Å². The van der Waals surface area contributed by atoms with Crippen molar-refractivity contribution >= 4 is 10.1 Å². The number of hydrogen-bond acceptors (Lipinski definition) is 4. The fraction of sp³-hybridized carbons (Fsp3) is 0.143. The molecule has 0 bridgehead atoms. The van der Waals surface area contributed by atoms with Gasteiger partial charge < -0.3 is 9.29 Å². The van der Waals surface area contributed by atoms with E-state index in [1.54, 1.807) is 0 Å². The topological polar surface area (TPSA) is 63.6 Å². The molecule has 0 spiro atoms. The van der Waals surface area contributed by atoms with Crippen LogP contribution < -0.4 is 4.18 Å². The second-order valence-corrected chi connectivity index (χ2v) is 3.79. The van der Waals surface area contributed by atoms with E-state index in [-0.39, 0.29) is 11.5 Å². The van der Waals surface area contributed by atoms with Gasteiger partial charge in [0.2, 0.25) is 0 Å². The highest BCUT2D eigenvalue weighted by Gasteiger charge is 2.03. The summed E-state index contributed by atoms with van der Waals surface area (Å²) in [5, 5.41) is 8.90. The number of hydrogen-bond donors (Lipinski definition) is 1. The zero-order chi connectivity index (χ0) is 9.19. The third kappa shape index (κ3) is 2.79. The minimum atomic E-state index is -3.53. The molecule has 0 amide bonds. The van der Waals surface area contributed by atoms with Gasteiger partial charge in [-0.1, -0.05) is 0 Å². The zero-order valence-corrected chi connectivity index (χ0v) is 7.13. The summed E-state index contributed by atoms with van der Waals surface area (Å²) in [7, 11) is -3.53. The standard InChI is InChI=1S/C7H7O4S/c1-12(9,10)11-7-4-2-3-6(8)5-7/h3-5,8H,1H3. The van der Waals surface area contributed by atoms with E-state index in [1.165, 1.54) is 18.2 Å². The summed E-state index contributed by atoms with van der Waals surface area (Å²) < 4.78 is 25.7. The fourth-order valence-electron chi connectivity index (χ4n) is 0.661. The molecule has 0 aliphatic rings. The molecule has 1 N–H and O–H groups in total. The lowest BCUT2D eigenvalue weighted by Gasteiger charge is -2.01. The maximum Gasteiger partial charge on any atom is 0.306 e. The van der Waals surface area contributed by atoms with Gasteiger partial charge in [-0.25, -0.2) is 0 Å². The van der Waals surface area contributed by atoms with Gasteiger partial charge >= 0.3 is 10.1 Å². The van der Waals surface area contributed by atoms with Gasteiger partial charge in [-0.05, 0) is 18.2 Å². The average molecular weight is 187 g/mol. The molecule has 0 saturated carbocycles. The molecule has 1 radical (unpaired) electrons. The van der Waals surface area contributed by atoms with E-state index in [9.17, 15) is 8.42 Å². The molecule has 1 aromatic rings. The van der Waals surface area contributed by atoms with E-state index in [4.69, 9.17) is 5.11 Å². The van der Waals surface area contributed by atoms with Crippen LogP contribution in [0.3, 0.4) is 0 Å². The van der Waals surface area contributed by atoms with Crippen molar-refractivity contribution in [1.29, 1.82) is 0 Å². The Kier molecular flexibility index (Phi) is 2.23. The van der Waals surface area contributed by atoms with E-state index in [1.807, 2.05) is 0 Å². The normalized spacial score (nSPS) is 11.1. The molecule has 0 heterocycles. The Morgan fingerprint density at radius 3 is 2.67 bits per heavy atom. The Balaban J connectivity index is 2.91. The molecule has 0 aliphatic carbocycles. The molecule has 0 aliphatic heterocycles. The highest BCUT2D eigenvalue weighted by Crippen LogP contribution is 2.18. The molecule has 0 fully saturated rings. The van der Waals surface area contributed by atoms with E-state index >= 15 is 0 Å². The monoisotopic (exact) mass is 187 g/mol. The van der Waals surface area contributed by atoms with Crippen molar-refractivity contribution in [2.75, 3.05) is 6.26 Å². The van der Waals surface area contributed by atoms with E-state index in [0.29, 0.717) is 0 Å². The SMILES string of the molecule is CS(=O)(=O)Oc1c[c]cc(O)c1. The van der Waals surface area contributed by atoms with E-state index < -0.39 is 10.1 Å². The van der Waals surface area contributed by atoms with Crippen LogP contribution in [-0.4, -0.2) is 19.8 Å². The Morgan fingerprint density at radius 1 is 1.50 bits per heavy atom. The molecule has 1 aromatic carbocycles. The lowest BCUT2D eigenvalue weighted by molar-refractivity contribution is 0.465. The quantitative estimate of drug-likeness (QED) is 0.686. The molecule has 12 heavy (non-hydrogen) atoms. The first kappa shape index (κ1) is 8.86. The highest BCUT2D eigenvalue weighted by molar-refractivity contribution is 7.86. The Labute approximate surface area is 70.5 Å². The van der Waals surface area contributed by atoms with Gasteiger partial charge in [-0.3, -0.25) is 0 Å². The number of aromatic hydroxyl groups is 1. The summed E-state index contributed by atoms with van der Waals surface area (Å²) in [4.78, 5) is 0. The van der Waals surface area contributed by atoms with Gasteiger partial charge in [0.15, 0.2) is 0 Å². The Bertz CT molecular complexity index is 369. The van der Waals surface area contributed by atoms with Crippen molar-refractivity contribution < 1.29 is 17.7 Å². The van der Waals surface area contributed by atoms with Gasteiger partial charge in [0.05, 0.1) is 6.26 Å². The molecular formula is C7H7O4S. The van der Waals surface area contributed by atoms with Crippen LogP contribution in [0.5, 0.6) is 11.5 Å². The first-order chi connectivity index (χ1) is 5.47. The molecule has 5 heteroatoms. The molecule has 1 rings (SSSR count). The van der Waals surface area contributed by atoms with Crippen LogP contribution in [0.2, 0.25) is 0 Å². The van der Waals surface area contributed by atoms with Crippen molar-refractivity contribution in [3.05, 3.63) is 24.3 Å². The number of phenols is 1. The molecule has 0 aromatic heterocycles. The van der Waals surface area contributed by atoms with Crippen LogP contribution in [0.15, 0.2) is 18.2 Å². The van der Waals surface area contributed by atoms with Crippen LogP contribution in [-0.2, 0) is 10.1 Å². The summed E-state index contributed by atoms with van der Waals surface area (Å²) >= 11 is 0. The maximum absolute atomic E-state index is 10.6. The van der Waals surface area contributed by atoms with E-state index in [0.717, 1.165) is 6.26 Å².